The third-order valence-corrected chi connectivity index (χ3v) is 1.89. The van der Waals surface area contributed by atoms with Gasteiger partial charge in [-0.2, -0.15) is 0 Å². The Morgan fingerprint density at radius 3 is 2.35 bits per heavy atom. The lowest BCUT2D eigenvalue weighted by molar-refractivity contribution is -0.384. The second-order valence-corrected chi connectivity index (χ2v) is 3.22. The first-order valence-corrected chi connectivity index (χ1v) is 4.66. The SMILES string of the molecule is O=C(O)CC(=O)/C=C/c1ccc([N+](=O)[O-])cc1. The third-order valence-electron chi connectivity index (χ3n) is 1.89. The smallest absolute Gasteiger partial charge is 0.311 e. The summed E-state index contributed by atoms with van der Waals surface area (Å²) in [5.41, 5.74) is 0.549. The van der Waals surface area contributed by atoms with Gasteiger partial charge in [0.15, 0.2) is 5.78 Å². The molecule has 6 heteroatoms. The lowest BCUT2D eigenvalue weighted by Gasteiger charge is -1.93. The number of aliphatic carboxylic acids is 1. The molecule has 0 aliphatic carbocycles. The molecule has 0 atom stereocenters. The summed E-state index contributed by atoms with van der Waals surface area (Å²) in [5.74, 6) is -1.72. The van der Waals surface area contributed by atoms with E-state index in [-0.39, 0.29) is 5.69 Å². The topological polar surface area (TPSA) is 97.5 Å². The van der Waals surface area contributed by atoms with Crippen molar-refractivity contribution >= 4 is 23.5 Å². The summed E-state index contributed by atoms with van der Waals surface area (Å²) < 4.78 is 0. The molecule has 0 heterocycles. The van der Waals surface area contributed by atoms with E-state index in [0.29, 0.717) is 5.56 Å². The van der Waals surface area contributed by atoms with Crippen molar-refractivity contribution in [3.8, 4) is 0 Å². The van der Waals surface area contributed by atoms with E-state index < -0.39 is 23.1 Å². The van der Waals surface area contributed by atoms with Gasteiger partial charge in [-0.15, -0.1) is 0 Å². The van der Waals surface area contributed by atoms with Gasteiger partial charge < -0.3 is 5.11 Å². The molecule has 0 aromatic heterocycles. The first-order chi connectivity index (χ1) is 7.99. The Kier molecular flexibility index (Phi) is 4.10. The molecule has 1 N–H and O–H groups in total. The van der Waals surface area contributed by atoms with Gasteiger partial charge in [0.1, 0.15) is 6.42 Å². The van der Waals surface area contributed by atoms with Crippen molar-refractivity contribution in [2.75, 3.05) is 0 Å². The average molecular weight is 235 g/mol. The fraction of sp³-hybridized carbons (Fsp3) is 0.0909. The second kappa shape index (κ2) is 5.55. The highest BCUT2D eigenvalue weighted by Crippen LogP contribution is 2.12. The molecule has 0 aliphatic rings. The van der Waals surface area contributed by atoms with Crippen LogP contribution in [-0.4, -0.2) is 21.8 Å². The Bertz CT molecular complexity index is 475. The van der Waals surface area contributed by atoms with Crippen LogP contribution < -0.4 is 0 Å². The standard InChI is InChI=1S/C11H9NO5/c13-10(7-11(14)15)6-3-8-1-4-9(5-2-8)12(16)17/h1-6H,7H2,(H,14,15)/b6-3+. The van der Waals surface area contributed by atoms with Crippen molar-refractivity contribution in [1.82, 2.24) is 0 Å². The fourth-order valence-electron chi connectivity index (χ4n) is 1.10. The molecule has 0 unspecified atom stereocenters. The van der Waals surface area contributed by atoms with Crippen molar-refractivity contribution < 1.29 is 19.6 Å². The van der Waals surface area contributed by atoms with Crippen LogP contribution in [0.5, 0.6) is 0 Å². The molecule has 1 aromatic rings. The van der Waals surface area contributed by atoms with E-state index in [1.165, 1.54) is 30.3 Å². The Labute approximate surface area is 96.3 Å². The number of hydrogen-bond donors (Lipinski definition) is 1. The quantitative estimate of drug-likeness (QED) is 0.362. The summed E-state index contributed by atoms with van der Waals surface area (Å²) in [5, 5.41) is 18.7. The van der Waals surface area contributed by atoms with Gasteiger partial charge in [-0.3, -0.25) is 19.7 Å². The lowest BCUT2D eigenvalue weighted by Crippen LogP contribution is -2.02. The molecule has 1 rings (SSSR count). The predicted molar refractivity (Wildman–Crippen MR) is 59.4 cm³/mol. The molecule has 0 saturated carbocycles. The molecule has 17 heavy (non-hydrogen) atoms. The largest absolute Gasteiger partial charge is 0.481 e. The highest BCUT2D eigenvalue weighted by atomic mass is 16.6. The molecule has 88 valence electrons. The minimum atomic E-state index is -1.19. The van der Waals surface area contributed by atoms with Crippen LogP contribution in [0.15, 0.2) is 30.3 Å². The van der Waals surface area contributed by atoms with Gasteiger partial charge >= 0.3 is 5.97 Å². The van der Waals surface area contributed by atoms with Crippen LogP contribution in [0.4, 0.5) is 5.69 Å². The summed E-state index contributed by atoms with van der Waals surface area (Å²) >= 11 is 0. The lowest BCUT2D eigenvalue weighted by atomic mass is 10.1. The number of nitro groups is 1. The number of carboxylic acid groups (broad SMARTS) is 1. The number of hydrogen-bond acceptors (Lipinski definition) is 4. The van der Waals surface area contributed by atoms with Crippen molar-refractivity contribution in [2.45, 2.75) is 6.42 Å². The van der Waals surface area contributed by atoms with E-state index in [4.69, 9.17) is 5.11 Å². The number of carbonyl (C=O) groups is 2. The number of nitrogens with zero attached hydrogens (tertiary/aromatic N) is 1. The van der Waals surface area contributed by atoms with Gasteiger partial charge in [0.05, 0.1) is 4.92 Å². The first kappa shape index (κ1) is 12.6. The highest BCUT2D eigenvalue weighted by Gasteiger charge is 2.04. The molecule has 0 fully saturated rings. The van der Waals surface area contributed by atoms with Gasteiger partial charge in [-0.25, -0.2) is 0 Å². The van der Waals surface area contributed by atoms with E-state index in [0.717, 1.165) is 6.08 Å². The molecule has 1 aromatic carbocycles. The van der Waals surface area contributed by atoms with Gasteiger partial charge in [0, 0.05) is 12.1 Å². The average Bonchev–Trinajstić information content (AvgIpc) is 2.26. The van der Waals surface area contributed by atoms with Crippen LogP contribution in [0.1, 0.15) is 12.0 Å². The number of nitro benzene ring substituents is 1. The van der Waals surface area contributed by atoms with Crippen LogP contribution >= 0.6 is 0 Å². The Morgan fingerprint density at radius 1 is 1.29 bits per heavy atom. The summed E-state index contributed by atoms with van der Waals surface area (Å²) in [6.45, 7) is 0. The molecule has 0 radical (unpaired) electrons. The van der Waals surface area contributed by atoms with E-state index >= 15 is 0 Å². The van der Waals surface area contributed by atoms with E-state index in [1.807, 2.05) is 0 Å². The second-order valence-electron chi connectivity index (χ2n) is 3.22. The summed E-state index contributed by atoms with van der Waals surface area (Å²) in [6, 6.07) is 5.56. The monoisotopic (exact) mass is 235 g/mol. The molecular weight excluding hydrogens is 226 g/mol. The molecule has 0 bridgehead atoms. The fourth-order valence-corrected chi connectivity index (χ4v) is 1.10. The number of ketones is 1. The molecule has 0 saturated heterocycles. The number of rotatable bonds is 5. The minimum Gasteiger partial charge on any atom is -0.481 e. The molecule has 6 nitrogen and oxygen atoms in total. The normalized spacial score (nSPS) is 10.4. The maximum atomic E-state index is 11.0. The first-order valence-electron chi connectivity index (χ1n) is 4.66. The number of allylic oxidation sites excluding steroid dienone is 1. The van der Waals surface area contributed by atoms with Crippen LogP contribution in [0.2, 0.25) is 0 Å². The van der Waals surface area contributed by atoms with Crippen LogP contribution in [0, 0.1) is 10.1 Å². The van der Waals surface area contributed by atoms with Crippen LogP contribution in [-0.2, 0) is 9.59 Å². The molecular formula is C11H9NO5. The van der Waals surface area contributed by atoms with Crippen molar-refractivity contribution in [3.63, 3.8) is 0 Å². The predicted octanol–water partition coefficient (Wildman–Crippen LogP) is 1.65. The van der Waals surface area contributed by atoms with Crippen LogP contribution in [0.25, 0.3) is 6.08 Å². The number of carbonyl (C=O) groups excluding carboxylic acids is 1. The maximum Gasteiger partial charge on any atom is 0.311 e. The van der Waals surface area contributed by atoms with E-state index in [2.05, 4.69) is 0 Å². The number of carboxylic acids is 1. The Morgan fingerprint density at radius 2 is 1.88 bits per heavy atom. The van der Waals surface area contributed by atoms with Gasteiger partial charge in [0.25, 0.3) is 5.69 Å². The number of non-ortho nitro benzene ring substituents is 1. The Balaban J connectivity index is 2.69. The van der Waals surface area contributed by atoms with Crippen molar-refractivity contribution in [2.24, 2.45) is 0 Å². The van der Waals surface area contributed by atoms with Crippen LogP contribution in [0.3, 0.4) is 0 Å². The van der Waals surface area contributed by atoms with Crippen molar-refractivity contribution in [3.05, 3.63) is 46.0 Å². The third kappa shape index (κ3) is 4.25. The van der Waals surface area contributed by atoms with Crippen molar-refractivity contribution in [1.29, 1.82) is 0 Å². The maximum absolute atomic E-state index is 11.0. The zero-order valence-corrected chi connectivity index (χ0v) is 8.70. The van der Waals surface area contributed by atoms with Gasteiger partial charge in [-0.1, -0.05) is 6.08 Å². The van der Waals surface area contributed by atoms with Gasteiger partial charge in [-0.05, 0) is 23.8 Å². The summed E-state index contributed by atoms with van der Waals surface area (Å²) in [4.78, 5) is 31.1. The van der Waals surface area contributed by atoms with Gasteiger partial charge in [0.2, 0.25) is 0 Å². The minimum absolute atomic E-state index is 0.0426. The summed E-state index contributed by atoms with van der Waals surface area (Å²) in [7, 11) is 0. The molecule has 0 spiro atoms. The van der Waals surface area contributed by atoms with E-state index in [9.17, 15) is 19.7 Å². The molecule has 0 aliphatic heterocycles. The summed E-state index contributed by atoms with van der Waals surface area (Å²) in [6.07, 6.45) is 1.98. The highest BCUT2D eigenvalue weighted by molar-refractivity contribution is 6.03. The zero-order chi connectivity index (χ0) is 12.8. The van der Waals surface area contributed by atoms with E-state index in [1.54, 1.807) is 0 Å². The Hall–Kier alpha value is -2.50. The molecule has 0 amide bonds. The zero-order valence-electron chi connectivity index (χ0n) is 8.70. The number of benzene rings is 1.